The maximum atomic E-state index is 13.6. The molecule has 0 radical (unpaired) electrons. The normalized spacial score (nSPS) is 10.7. The molecule has 0 amide bonds. The van der Waals surface area contributed by atoms with E-state index in [1.165, 1.54) is 6.07 Å². The molecule has 0 aliphatic carbocycles. The van der Waals surface area contributed by atoms with Crippen LogP contribution in [-0.4, -0.2) is 9.55 Å². The summed E-state index contributed by atoms with van der Waals surface area (Å²) in [6.07, 6.45) is 1.67. The number of rotatable bonds is 2. The van der Waals surface area contributed by atoms with Gasteiger partial charge in [-0.1, -0.05) is 22.0 Å². The molecule has 1 heterocycles. The van der Waals surface area contributed by atoms with Crippen molar-refractivity contribution in [1.29, 1.82) is 0 Å². The topological polar surface area (TPSA) is 43.8 Å². The lowest BCUT2D eigenvalue weighted by Crippen LogP contribution is -2.07. The van der Waals surface area contributed by atoms with Gasteiger partial charge in [-0.25, -0.2) is 9.37 Å². The van der Waals surface area contributed by atoms with Gasteiger partial charge >= 0.3 is 0 Å². The molecule has 0 saturated carbocycles. The third kappa shape index (κ3) is 2.09. The van der Waals surface area contributed by atoms with Crippen molar-refractivity contribution in [1.82, 2.24) is 9.55 Å². The van der Waals surface area contributed by atoms with Gasteiger partial charge in [0.2, 0.25) is 5.95 Å². The number of nitrogens with two attached hydrogens (primary N) is 1. The highest BCUT2D eigenvalue weighted by atomic mass is 79.9. The van der Waals surface area contributed by atoms with Crippen LogP contribution >= 0.6 is 15.9 Å². The second kappa shape index (κ2) is 4.25. The van der Waals surface area contributed by atoms with Crippen molar-refractivity contribution in [3.05, 3.63) is 45.9 Å². The fourth-order valence-electron chi connectivity index (χ4n) is 1.51. The van der Waals surface area contributed by atoms with Gasteiger partial charge in [-0.15, -0.1) is 0 Å². The molecule has 1 aromatic carbocycles. The van der Waals surface area contributed by atoms with Crippen molar-refractivity contribution in [3.8, 4) is 0 Å². The molecule has 0 aliphatic rings. The fourth-order valence-corrected chi connectivity index (χ4v) is 1.84. The Labute approximate surface area is 101 Å². The van der Waals surface area contributed by atoms with Gasteiger partial charge in [0.05, 0.1) is 12.7 Å². The second-order valence-corrected chi connectivity index (χ2v) is 4.50. The average molecular weight is 284 g/mol. The fraction of sp³-hybridized carbons (Fsp3) is 0.182. The minimum atomic E-state index is -0.248. The summed E-state index contributed by atoms with van der Waals surface area (Å²) < 4.78 is 16.1. The van der Waals surface area contributed by atoms with Gasteiger partial charge in [0.25, 0.3) is 0 Å². The number of imidazole rings is 1. The molecule has 3 nitrogen and oxygen atoms in total. The first kappa shape index (κ1) is 11.1. The monoisotopic (exact) mass is 283 g/mol. The van der Waals surface area contributed by atoms with E-state index in [0.29, 0.717) is 18.1 Å². The third-order valence-electron chi connectivity index (χ3n) is 2.43. The molecule has 16 heavy (non-hydrogen) atoms. The maximum Gasteiger partial charge on any atom is 0.200 e. The molecule has 0 saturated heterocycles. The molecule has 0 bridgehead atoms. The average Bonchev–Trinajstić information content (AvgIpc) is 2.53. The number of aromatic nitrogens is 2. The van der Waals surface area contributed by atoms with E-state index in [0.717, 1.165) is 10.2 Å². The van der Waals surface area contributed by atoms with E-state index < -0.39 is 0 Å². The number of halogens is 2. The zero-order valence-corrected chi connectivity index (χ0v) is 10.3. The lowest BCUT2D eigenvalue weighted by molar-refractivity contribution is 0.598. The van der Waals surface area contributed by atoms with Gasteiger partial charge in [-0.3, -0.25) is 0 Å². The minimum Gasteiger partial charge on any atom is -0.369 e. The number of nitrogens with zero attached hydrogens (tertiary/aromatic N) is 2. The first-order valence-corrected chi connectivity index (χ1v) is 5.59. The predicted octanol–water partition coefficient (Wildman–Crippen LogP) is 2.72. The Morgan fingerprint density at radius 2 is 2.25 bits per heavy atom. The van der Waals surface area contributed by atoms with Crippen LogP contribution in [0.2, 0.25) is 0 Å². The first-order valence-electron chi connectivity index (χ1n) is 4.79. The Balaban J connectivity index is 2.34. The smallest absolute Gasteiger partial charge is 0.200 e. The van der Waals surface area contributed by atoms with Crippen LogP contribution in [0.4, 0.5) is 10.3 Å². The molecule has 1 aromatic heterocycles. The number of anilines is 1. The zero-order valence-electron chi connectivity index (χ0n) is 8.74. The molecule has 2 rings (SSSR count). The van der Waals surface area contributed by atoms with E-state index in [1.54, 1.807) is 22.9 Å². The van der Waals surface area contributed by atoms with Crippen molar-refractivity contribution in [2.24, 2.45) is 0 Å². The van der Waals surface area contributed by atoms with E-state index in [2.05, 4.69) is 20.9 Å². The highest BCUT2D eigenvalue weighted by Crippen LogP contribution is 2.18. The van der Waals surface area contributed by atoms with Crippen LogP contribution in [0.5, 0.6) is 0 Å². The van der Waals surface area contributed by atoms with Crippen LogP contribution in [0.3, 0.4) is 0 Å². The summed E-state index contributed by atoms with van der Waals surface area (Å²) in [7, 11) is 0. The zero-order chi connectivity index (χ0) is 11.7. The van der Waals surface area contributed by atoms with Crippen molar-refractivity contribution >= 4 is 21.9 Å². The molecule has 5 heteroatoms. The van der Waals surface area contributed by atoms with Crippen LogP contribution < -0.4 is 5.73 Å². The van der Waals surface area contributed by atoms with E-state index in [1.807, 2.05) is 6.92 Å². The van der Waals surface area contributed by atoms with E-state index >= 15 is 0 Å². The number of nitrogen functional groups attached to an aromatic ring is 1. The molecule has 2 aromatic rings. The SMILES string of the molecule is Cc1cnc(N)n1Cc1ccc(Br)cc1F. The van der Waals surface area contributed by atoms with Gasteiger partial charge in [-0.05, 0) is 19.1 Å². The van der Waals surface area contributed by atoms with Gasteiger partial charge in [0.15, 0.2) is 0 Å². The van der Waals surface area contributed by atoms with Crippen LogP contribution in [0, 0.1) is 12.7 Å². The molecule has 0 spiro atoms. The molecular weight excluding hydrogens is 273 g/mol. The molecule has 0 aliphatic heterocycles. The van der Waals surface area contributed by atoms with E-state index in [9.17, 15) is 4.39 Å². The number of benzene rings is 1. The van der Waals surface area contributed by atoms with Crippen LogP contribution in [0.25, 0.3) is 0 Å². The molecule has 0 atom stereocenters. The number of aryl methyl sites for hydroxylation is 1. The van der Waals surface area contributed by atoms with Crippen molar-refractivity contribution in [3.63, 3.8) is 0 Å². The first-order chi connectivity index (χ1) is 7.58. The summed E-state index contributed by atoms with van der Waals surface area (Å²) in [6.45, 7) is 2.29. The Morgan fingerprint density at radius 1 is 1.50 bits per heavy atom. The summed E-state index contributed by atoms with van der Waals surface area (Å²) >= 11 is 3.22. The van der Waals surface area contributed by atoms with Gasteiger partial charge in [0, 0.05) is 15.7 Å². The van der Waals surface area contributed by atoms with Gasteiger partial charge < -0.3 is 10.3 Å². The maximum absolute atomic E-state index is 13.6. The summed E-state index contributed by atoms with van der Waals surface area (Å²) in [5, 5.41) is 0. The van der Waals surface area contributed by atoms with Crippen LogP contribution in [0.15, 0.2) is 28.9 Å². The third-order valence-corrected chi connectivity index (χ3v) is 2.92. The molecule has 84 valence electrons. The van der Waals surface area contributed by atoms with Crippen LogP contribution in [0.1, 0.15) is 11.3 Å². The van der Waals surface area contributed by atoms with Crippen molar-refractivity contribution in [2.75, 3.05) is 5.73 Å². The standard InChI is InChI=1S/C11H11BrFN3/c1-7-5-15-11(14)16(7)6-8-2-3-9(12)4-10(8)13/h2-5H,6H2,1H3,(H2,14,15). The Kier molecular flexibility index (Phi) is 2.96. The van der Waals surface area contributed by atoms with E-state index in [-0.39, 0.29) is 5.82 Å². The van der Waals surface area contributed by atoms with E-state index in [4.69, 9.17) is 5.73 Å². The molecule has 2 N–H and O–H groups in total. The lowest BCUT2D eigenvalue weighted by Gasteiger charge is -2.08. The quantitative estimate of drug-likeness (QED) is 0.921. The minimum absolute atomic E-state index is 0.248. The predicted molar refractivity (Wildman–Crippen MR) is 64.6 cm³/mol. The lowest BCUT2D eigenvalue weighted by atomic mass is 10.2. The van der Waals surface area contributed by atoms with Crippen LogP contribution in [-0.2, 0) is 6.54 Å². The largest absolute Gasteiger partial charge is 0.369 e. The van der Waals surface area contributed by atoms with Gasteiger partial charge in [-0.2, -0.15) is 0 Å². The highest BCUT2D eigenvalue weighted by molar-refractivity contribution is 9.10. The van der Waals surface area contributed by atoms with Crippen molar-refractivity contribution < 1.29 is 4.39 Å². The highest BCUT2D eigenvalue weighted by Gasteiger charge is 2.08. The summed E-state index contributed by atoms with van der Waals surface area (Å²) in [5.74, 6) is 0.154. The summed E-state index contributed by atoms with van der Waals surface area (Å²) in [5.41, 5.74) is 7.20. The molecular formula is C11H11BrFN3. The molecule has 0 unspecified atom stereocenters. The van der Waals surface area contributed by atoms with Gasteiger partial charge in [0.1, 0.15) is 5.82 Å². The number of hydrogen-bond donors (Lipinski definition) is 1. The summed E-state index contributed by atoms with van der Waals surface area (Å²) in [4.78, 5) is 3.97. The Hall–Kier alpha value is -1.36. The Morgan fingerprint density at radius 3 is 2.81 bits per heavy atom. The summed E-state index contributed by atoms with van der Waals surface area (Å²) in [6, 6.07) is 4.98. The molecule has 0 fully saturated rings. The van der Waals surface area contributed by atoms with Crippen molar-refractivity contribution in [2.45, 2.75) is 13.5 Å². The number of hydrogen-bond acceptors (Lipinski definition) is 2. The Bertz CT molecular complexity index is 502. The second-order valence-electron chi connectivity index (χ2n) is 3.58.